The molecular weight excluding hydrogens is 324 g/mol. The second-order valence-electron chi connectivity index (χ2n) is 7.45. The molecule has 1 N–H and O–H groups in total. The molecule has 1 aliphatic heterocycles. The molecule has 1 fully saturated rings. The molecule has 0 radical (unpaired) electrons. The van der Waals surface area contributed by atoms with E-state index in [1.165, 1.54) is 49.2 Å². The predicted octanol–water partition coefficient (Wildman–Crippen LogP) is 2.44. The smallest absolute Gasteiger partial charge is 0.271 e. The average molecular weight is 352 g/mol. The first kappa shape index (κ1) is 17.3. The van der Waals surface area contributed by atoms with Gasteiger partial charge in [-0.15, -0.1) is 0 Å². The van der Waals surface area contributed by atoms with E-state index >= 15 is 0 Å². The van der Waals surface area contributed by atoms with Crippen LogP contribution >= 0.6 is 0 Å². The van der Waals surface area contributed by atoms with E-state index in [9.17, 15) is 4.79 Å². The highest BCUT2D eigenvalue weighted by Crippen LogP contribution is 2.29. The van der Waals surface area contributed by atoms with Crippen LogP contribution in [0.1, 0.15) is 46.6 Å². The van der Waals surface area contributed by atoms with Crippen molar-refractivity contribution in [3.63, 3.8) is 0 Å². The van der Waals surface area contributed by atoms with Crippen LogP contribution in [0, 0.1) is 0 Å². The summed E-state index contributed by atoms with van der Waals surface area (Å²) in [5.41, 5.74) is 4.40. The van der Waals surface area contributed by atoms with E-state index in [4.69, 9.17) is 5.10 Å². The highest BCUT2D eigenvalue weighted by Gasteiger charge is 2.32. The molecular formula is C21H28N4O. The normalized spacial score (nSPS) is 20.1. The van der Waals surface area contributed by atoms with Gasteiger partial charge >= 0.3 is 0 Å². The van der Waals surface area contributed by atoms with E-state index < -0.39 is 0 Å². The van der Waals surface area contributed by atoms with Crippen LogP contribution in [-0.2, 0) is 25.8 Å². The largest absolute Gasteiger partial charge is 0.354 e. The van der Waals surface area contributed by atoms with E-state index in [0.717, 1.165) is 25.8 Å². The van der Waals surface area contributed by atoms with Gasteiger partial charge in [-0.25, -0.2) is 0 Å². The zero-order chi connectivity index (χ0) is 17.9. The molecule has 0 bridgehead atoms. The maximum absolute atomic E-state index is 12.4. The van der Waals surface area contributed by atoms with Crippen molar-refractivity contribution in [1.29, 1.82) is 0 Å². The van der Waals surface area contributed by atoms with E-state index in [1.54, 1.807) is 7.05 Å². The van der Waals surface area contributed by atoms with E-state index in [0.29, 0.717) is 11.7 Å². The topological polar surface area (TPSA) is 50.2 Å². The van der Waals surface area contributed by atoms with Gasteiger partial charge in [0.25, 0.3) is 5.91 Å². The number of amides is 1. The highest BCUT2D eigenvalue weighted by molar-refractivity contribution is 5.93. The van der Waals surface area contributed by atoms with Crippen molar-refractivity contribution in [1.82, 2.24) is 20.0 Å². The summed E-state index contributed by atoms with van der Waals surface area (Å²) in [6.45, 7) is 3.24. The van der Waals surface area contributed by atoms with Gasteiger partial charge in [-0.2, -0.15) is 5.10 Å². The molecule has 26 heavy (non-hydrogen) atoms. The third kappa shape index (κ3) is 3.40. The zero-order valence-corrected chi connectivity index (χ0v) is 15.6. The number of nitrogens with zero attached hydrogens (tertiary/aromatic N) is 3. The van der Waals surface area contributed by atoms with Crippen LogP contribution in [0.4, 0.5) is 0 Å². The molecule has 1 aliphatic carbocycles. The molecule has 5 heteroatoms. The van der Waals surface area contributed by atoms with Gasteiger partial charge in [0, 0.05) is 30.9 Å². The number of fused-ring (bicyclic) bond motifs is 1. The Morgan fingerprint density at radius 2 is 2.00 bits per heavy atom. The fraction of sp³-hybridized carbons (Fsp3) is 0.524. The maximum atomic E-state index is 12.4. The van der Waals surface area contributed by atoms with Crippen LogP contribution in [0.25, 0.3) is 0 Å². The molecule has 138 valence electrons. The van der Waals surface area contributed by atoms with Gasteiger partial charge in [0.1, 0.15) is 0 Å². The van der Waals surface area contributed by atoms with Crippen LogP contribution in [0.15, 0.2) is 30.3 Å². The van der Waals surface area contributed by atoms with Gasteiger partial charge in [-0.3, -0.25) is 9.48 Å². The Balaban J connectivity index is 1.57. The lowest BCUT2D eigenvalue weighted by molar-refractivity contribution is 0.0955. The van der Waals surface area contributed by atoms with Gasteiger partial charge < -0.3 is 10.2 Å². The van der Waals surface area contributed by atoms with Crippen molar-refractivity contribution in [2.24, 2.45) is 0 Å². The summed E-state index contributed by atoms with van der Waals surface area (Å²) >= 11 is 0. The minimum Gasteiger partial charge on any atom is -0.354 e. The third-order valence-electron chi connectivity index (χ3n) is 5.87. The molecule has 2 aromatic rings. The molecule has 4 rings (SSSR count). The van der Waals surface area contributed by atoms with Gasteiger partial charge in [0.15, 0.2) is 5.69 Å². The van der Waals surface area contributed by atoms with Crippen molar-refractivity contribution in [2.45, 2.75) is 51.1 Å². The molecule has 1 unspecified atom stereocenters. The number of aryl methyl sites for hydroxylation is 2. The summed E-state index contributed by atoms with van der Waals surface area (Å²) < 4.78 is 2.09. The first-order chi connectivity index (χ1) is 12.8. The molecule has 1 aromatic carbocycles. The molecule has 0 saturated carbocycles. The summed E-state index contributed by atoms with van der Waals surface area (Å²) in [5.74, 6) is -0.0539. The minimum atomic E-state index is -0.0539. The first-order valence-corrected chi connectivity index (χ1v) is 9.85. The summed E-state index contributed by atoms with van der Waals surface area (Å²) in [4.78, 5) is 15.0. The number of carbonyl (C=O) groups excluding carboxylic acids is 1. The number of aromatic nitrogens is 2. The lowest BCUT2D eigenvalue weighted by Crippen LogP contribution is -2.38. The fourth-order valence-electron chi connectivity index (χ4n) is 4.45. The van der Waals surface area contributed by atoms with Gasteiger partial charge in [-0.05, 0) is 57.2 Å². The monoisotopic (exact) mass is 352 g/mol. The molecule has 2 heterocycles. The van der Waals surface area contributed by atoms with E-state index in [1.807, 2.05) is 6.07 Å². The number of benzene rings is 1. The molecule has 5 nitrogen and oxygen atoms in total. The Labute approximate surface area is 155 Å². The highest BCUT2D eigenvalue weighted by atomic mass is 16.1. The van der Waals surface area contributed by atoms with Gasteiger partial charge in [0.2, 0.25) is 0 Å². The quantitative estimate of drug-likeness (QED) is 0.899. The predicted molar refractivity (Wildman–Crippen MR) is 102 cm³/mol. The standard InChI is InChI=1S/C21H28N4O/c1-22-21(26)20-18-15-17(24-12-5-6-13-24)9-10-19(18)25(23-20)14-11-16-7-3-2-4-8-16/h2-4,7-8,17H,5-6,9-15H2,1H3,(H,22,26). The number of nitrogens with one attached hydrogen (secondary N) is 1. The summed E-state index contributed by atoms with van der Waals surface area (Å²) in [6.07, 6.45) is 6.72. The maximum Gasteiger partial charge on any atom is 0.271 e. The molecule has 1 saturated heterocycles. The summed E-state index contributed by atoms with van der Waals surface area (Å²) in [6, 6.07) is 11.1. The lowest BCUT2D eigenvalue weighted by atomic mass is 9.90. The van der Waals surface area contributed by atoms with Crippen molar-refractivity contribution in [3.8, 4) is 0 Å². The number of hydrogen-bond donors (Lipinski definition) is 1. The van der Waals surface area contributed by atoms with Crippen LogP contribution in [0.2, 0.25) is 0 Å². The minimum absolute atomic E-state index is 0.0539. The lowest BCUT2D eigenvalue weighted by Gasteiger charge is -2.31. The van der Waals surface area contributed by atoms with Gasteiger partial charge in [0.05, 0.1) is 0 Å². The van der Waals surface area contributed by atoms with Crippen LogP contribution in [0.5, 0.6) is 0 Å². The Kier molecular flexibility index (Phi) is 5.07. The first-order valence-electron chi connectivity index (χ1n) is 9.85. The molecule has 1 atom stereocenters. The summed E-state index contributed by atoms with van der Waals surface area (Å²) in [5, 5.41) is 7.50. The second kappa shape index (κ2) is 7.62. The Hall–Kier alpha value is -2.14. The van der Waals surface area contributed by atoms with Crippen molar-refractivity contribution >= 4 is 5.91 Å². The fourth-order valence-corrected chi connectivity index (χ4v) is 4.45. The SMILES string of the molecule is CNC(=O)c1nn(CCc2ccccc2)c2c1CC(N1CCCC1)CC2. The third-order valence-corrected chi connectivity index (χ3v) is 5.87. The second-order valence-corrected chi connectivity index (χ2v) is 7.45. The molecule has 1 amide bonds. The molecule has 2 aliphatic rings. The zero-order valence-electron chi connectivity index (χ0n) is 15.6. The molecule has 1 aromatic heterocycles. The Bertz CT molecular complexity index is 762. The molecule has 0 spiro atoms. The van der Waals surface area contributed by atoms with E-state index in [-0.39, 0.29) is 5.91 Å². The number of rotatable bonds is 5. The van der Waals surface area contributed by atoms with Crippen LogP contribution < -0.4 is 5.32 Å². The number of carbonyl (C=O) groups is 1. The van der Waals surface area contributed by atoms with E-state index in [2.05, 4.69) is 39.2 Å². The van der Waals surface area contributed by atoms with Crippen LogP contribution in [0.3, 0.4) is 0 Å². The Morgan fingerprint density at radius 3 is 2.73 bits per heavy atom. The van der Waals surface area contributed by atoms with Crippen molar-refractivity contribution < 1.29 is 4.79 Å². The number of likely N-dealkylation sites (tertiary alicyclic amines) is 1. The Morgan fingerprint density at radius 1 is 1.23 bits per heavy atom. The summed E-state index contributed by atoms with van der Waals surface area (Å²) in [7, 11) is 1.69. The number of hydrogen-bond acceptors (Lipinski definition) is 3. The van der Waals surface area contributed by atoms with Crippen LogP contribution in [-0.4, -0.2) is 46.8 Å². The van der Waals surface area contributed by atoms with Crippen molar-refractivity contribution in [2.75, 3.05) is 20.1 Å². The van der Waals surface area contributed by atoms with Crippen molar-refractivity contribution in [3.05, 3.63) is 52.8 Å². The van der Waals surface area contributed by atoms with Gasteiger partial charge in [-0.1, -0.05) is 30.3 Å². The average Bonchev–Trinajstić information content (AvgIpc) is 3.34.